The molecule has 2 aliphatic rings. The molecule has 0 radical (unpaired) electrons. The zero-order chi connectivity index (χ0) is 14.3. The van der Waals surface area contributed by atoms with E-state index in [9.17, 15) is 9.59 Å². The molecule has 2 unspecified atom stereocenters. The highest BCUT2D eigenvalue weighted by molar-refractivity contribution is 9.10. The molecule has 1 aromatic carbocycles. The number of rotatable bonds is 2. The van der Waals surface area contributed by atoms with Crippen molar-refractivity contribution in [1.29, 1.82) is 0 Å². The molecule has 4 nitrogen and oxygen atoms in total. The molecule has 2 aliphatic heterocycles. The van der Waals surface area contributed by atoms with Gasteiger partial charge in [0.2, 0.25) is 11.8 Å². The number of amides is 2. The van der Waals surface area contributed by atoms with Crippen molar-refractivity contribution in [3.05, 3.63) is 34.3 Å². The van der Waals surface area contributed by atoms with Crippen LogP contribution in [0.15, 0.2) is 28.7 Å². The van der Waals surface area contributed by atoms with Gasteiger partial charge in [-0.3, -0.25) is 9.59 Å². The Labute approximate surface area is 126 Å². The number of hydrogen-bond donors (Lipinski definition) is 0. The number of nitrogens with zero attached hydrogens (tertiary/aromatic N) is 2. The quantitative estimate of drug-likeness (QED) is 0.830. The Balaban J connectivity index is 1.82. The summed E-state index contributed by atoms with van der Waals surface area (Å²) in [6.45, 7) is 3.06. The van der Waals surface area contributed by atoms with E-state index in [1.54, 1.807) is 9.80 Å². The standard InChI is InChI=1S/C15H17BrN2O2/c1-10-14(19)17-8-2-3-13(17)15(20)18(10)9-11-4-6-12(16)7-5-11/h4-7,10,13H,2-3,8-9H2,1H3. The lowest BCUT2D eigenvalue weighted by Gasteiger charge is -2.41. The largest absolute Gasteiger partial charge is 0.329 e. The lowest BCUT2D eigenvalue weighted by molar-refractivity contribution is -0.159. The number of hydrogen-bond acceptors (Lipinski definition) is 2. The van der Waals surface area contributed by atoms with Gasteiger partial charge in [0.25, 0.3) is 0 Å². The third-order valence-corrected chi connectivity index (χ3v) is 4.72. The lowest BCUT2D eigenvalue weighted by atomic mass is 10.0. The molecule has 0 bridgehead atoms. The van der Waals surface area contributed by atoms with Crippen LogP contribution in [0.3, 0.4) is 0 Å². The predicted molar refractivity (Wildman–Crippen MR) is 78.9 cm³/mol. The van der Waals surface area contributed by atoms with Crippen LogP contribution in [0.4, 0.5) is 0 Å². The molecule has 2 amide bonds. The molecule has 2 fully saturated rings. The molecule has 0 aromatic heterocycles. The smallest absolute Gasteiger partial charge is 0.246 e. The number of benzene rings is 1. The molecule has 1 aromatic rings. The summed E-state index contributed by atoms with van der Waals surface area (Å²) < 4.78 is 1.01. The number of carbonyl (C=O) groups excluding carboxylic acids is 2. The van der Waals surface area contributed by atoms with Gasteiger partial charge in [-0.15, -0.1) is 0 Å². The van der Waals surface area contributed by atoms with Gasteiger partial charge >= 0.3 is 0 Å². The zero-order valence-corrected chi connectivity index (χ0v) is 13.0. The van der Waals surface area contributed by atoms with Crippen LogP contribution in [0.25, 0.3) is 0 Å². The van der Waals surface area contributed by atoms with Crippen molar-refractivity contribution in [2.24, 2.45) is 0 Å². The molecule has 0 N–H and O–H groups in total. The number of fused-ring (bicyclic) bond motifs is 1. The molecule has 0 spiro atoms. The minimum atomic E-state index is -0.361. The van der Waals surface area contributed by atoms with Crippen LogP contribution in [-0.2, 0) is 16.1 Å². The maximum Gasteiger partial charge on any atom is 0.246 e. The molecule has 3 rings (SSSR count). The zero-order valence-electron chi connectivity index (χ0n) is 11.4. The molecule has 2 saturated heterocycles. The summed E-state index contributed by atoms with van der Waals surface area (Å²) in [5, 5.41) is 0. The van der Waals surface area contributed by atoms with E-state index in [1.165, 1.54) is 0 Å². The van der Waals surface area contributed by atoms with Gasteiger partial charge in [0.05, 0.1) is 0 Å². The van der Waals surface area contributed by atoms with E-state index >= 15 is 0 Å². The van der Waals surface area contributed by atoms with Crippen molar-refractivity contribution in [2.45, 2.75) is 38.4 Å². The third kappa shape index (κ3) is 2.24. The predicted octanol–water partition coefficient (Wildman–Crippen LogP) is 2.17. The summed E-state index contributed by atoms with van der Waals surface area (Å²) in [7, 11) is 0. The second-order valence-corrected chi connectivity index (χ2v) is 6.37. The summed E-state index contributed by atoms with van der Waals surface area (Å²) in [6, 6.07) is 7.29. The van der Waals surface area contributed by atoms with E-state index in [2.05, 4.69) is 15.9 Å². The van der Waals surface area contributed by atoms with Crippen molar-refractivity contribution < 1.29 is 9.59 Å². The summed E-state index contributed by atoms with van der Waals surface area (Å²) >= 11 is 3.40. The Kier molecular flexibility index (Phi) is 3.54. The fraction of sp³-hybridized carbons (Fsp3) is 0.467. The van der Waals surface area contributed by atoms with Gasteiger partial charge in [0.1, 0.15) is 12.1 Å². The molecule has 106 valence electrons. The SMILES string of the molecule is CC1C(=O)N2CCCC2C(=O)N1Cc1ccc(Br)cc1. The van der Waals surface area contributed by atoms with Gasteiger partial charge in [-0.25, -0.2) is 0 Å². The third-order valence-electron chi connectivity index (χ3n) is 4.20. The van der Waals surface area contributed by atoms with Gasteiger partial charge in [-0.2, -0.15) is 0 Å². The van der Waals surface area contributed by atoms with Crippen LogP contribution in [0.5, 0.6) is 0 Å². The molecule has 20 heavy (non-hydrogen) atoms. The second-order valence-electron chi connectivity index (χ2n) is 5.46. The van der Waals surface area contributed by atoms with E-state index in [0.29, 0.717) is 6.54 Å². The molecule has 5 heteroatoms. The molecule has 0 saturated carbocycles. The van der Waals surface area contributed by atoms with Crippen LogP contribution in [0.2, 0.25) is 0 Å². The normalized spacial score (nSPS) is 26.1. The number of halogens is 1. The van der Waals surface area contributed by atoms with Crippen LogP contribution in [0.1, 0.15) is 25.3 Å². The summed E-state index contributed by atoms with van der Waals surface area (Å²) in [4.78, 5) is 28.4. The number of carbonyl (C=O) groups is 2. The van der Waals surface area contributed by atoms with Crippen molar-refractivity contribution >= 4 is 27.7 Å². The summed E-state index contributed by atoms with van der Waals surface area (Å²) in [5.41, 5.74) is 1.05. The Hall–Kier alpha value is -1.36. The van der Waals surface area contributed by atoms with Crippen LogP contribution >= 0.6 is 15.9 Å². The average molecular weight is 337 g/mol. The van der Waals surface area contributed by atoms with E-state index < -0.39 is 0 Å². The van der Waals surface area contributed by atoms with Gasteiger partial charge in [-0.1, -0.05) is 28.1 Å². The first-order valence-corrected chi connectivity index (χ1v) is 7.72. The molecular weight excluding hydrogens is 320 g/mol. The first-order chi connectivity index (χ1) is 9.58. The minimum Gasteiger partial charge on any atom is -0.329 e. The highest BCUT2D eigenvalue weighted by Crippen LogP contribution is 2.28. The first kappa shape index (κ1) is 13.6. The fourth-order valence-corrected chi connectivity index (χ4v) is 3.31. The Morgan fingerprint density at radius 1 is 1.20 bits per heavy atom. The Bertz CT molecular complexity index is 543. The maximum atomic E-state index is 12.6. The van der Waals surface area contributed by atoms with Gasteiger partial charge < -0.3 is 9.80 Å². The van der Waals surface area contributed by atoms with Gasteiger partial charge in [0.15, 0.2) is 0 Å². The second kappa shape index (κ2) is 5.20. The van der Waals surface area contributed by atoms with Gasteiger partial charge in [0, 0.05) is 17.6 Å². The average Bonchev–Trinajstić information content (AvgIpc) is 2.93. The monoisotopic (exact) mass is 336 g/mol. The van der Waals surface area contributed by atoms with Crippen LogP contribution in [0, 0.1) is 0 Å². The first-order valence-electron chi connectivity index (χ1n) is 6.93. The van der Waals surface area contributed by atoms with E-state index in [0.717, 1.165) is 29.4 Å². The highest BCUT2D eigenvalue weighted by Gasteiger charge is 2.45. The lowest BCUT2D eigenvalue weighted by Crippen LogP contribution is -2.61. The van der Waals surface area contributed by atoms with E-state index in [4.69, 9.17) is 0 Å². The molecule has 2 heterocycles. The van der Waals surface area contributed by atoms with E-state index in [1.807, 2.05) is 31.2 Å². The molecule has 0 aliphatic carbocycles. The van der Waals surface area contributed by atoms with Crippen molar-refractivity contribution in [2.75, 3.05) is 6.54 Å². The Morgan fingerprint density at radius 3 is 2.60 bits per heavy atom. The van der Waals surface area contributed by atoms with Crippen molar-refractivity contribution in [3.63, 3.8) is 0 Å². The number of piperazine rings is 1. The molecular formula is C15H17BrN2O2. The fourth-order valence-electron chi connectivity index (χ4n) is 3.04. The highest BCUT2D eigenvalue weighted by atomic mass is 79.9. The Morgan fingerprint density at radius 2 is 1.90 bits per heavy atom. The van der Waals surface area contributed by atoms with Crippen LogP contribution < -0.4 is 0 Å². The minimum absolute atomic E-state index is 0.0872. The van der Waals surface area contributed by atoms with E-state index in [-0.39, 0.29) is 23.9 Å². The van der Waals surface area contributed by atoms with Crippen molar-refractivity contribution in [1.82, 2.24) is 9.80 Å². The molecule has 2 atom stereocenters. The topological polar surface area (TPSA) is 40.6 Å². The maximum absolute atomic E-state index is 12.6. The van der Waals surface area contributed by atoms with Crippen molar-refractivity contribution in [3.8, 4) is 0 Å². The van der Waals surface area contributed by atoms with Crippen LogP contribution in [-0.4, -0.2) is 40.2 Å². The summed E-state index contributed by atoms with van der Waals surface area (Å²) in [5.74, 6) is 0.182. The van der Waals surface area contributed by atoms with Gasteiger partial charge in [-0.05, 0) is 37.5 Å². The summed E-state index contributed by atoms with van der Waals surface area (Å²) in [6.07, 6.45) is 1.73.